The zero-order valence-electron chi connectivity index (χ0n) is 9.29. The second kappa shape index (κ2) is 4.26. The Hall–Kier alpha value is -1.98. The minimum Gasteiger partial charge on any atom is -0.340 e. The van der Waals surface area contributed by atoms with E-state index in [4.69, 9.17) is 0 Å². The van der Waals surface area contributed by atoms with Crippen LogP contribution in [-0.2, 0) is 13.6 Å². The second-order valence-corrected chi connectivity index (χ2v) is 3.60. The van der Waals surface area contributed by atoms with Gasteiger partial charge in [-0.05, 0) is 6.42 Å². The predicted octanol–water partition coefficient (Wildman–Crippen LogP) is 0.653. The molecule has 2 aromatic heterocycles. The number of aromatic nitrogens is 5. The molecular weight excluding hydrogens is 206 g/mol. The molecule has 0 saturated heterocycles. The molecule has 16 heavy (non-hydrogen) atoms. The van der Waals surface area contributed by atoms with E-state index in [9.17, 15) is 4.79 Å². The van der Waals surface area contributed by atoms with Crippen molar-refractivity contribution in [3.63, 3.8) is 0 Å². The van der Waals surface area contributed by atoms with Gasteiger partial charge in [0, 0.05) is 19.8 Å². The summed E-state index contributed by atoms with van der Waals surface area (Å²) >= 11 is 0. The van der Waals surface area contributed by atoms with Gasteiger partial charge >= 0.3 is 0 Å². The number of aryl methyl sites for hydroxylation is 2. The van der Waals surface area contributed by atoms with Gasteiger partial charge in [-0.15, -0.1) is 5.10 Å². The number of hydrogen-bond donors (Lipinski definition) is 0. The number of imidazole rings is 1. The molecule has 0 unspecified atom stereocenters. The average molecular weight is 219 g/mol. The van der Waals surface area contributed by atoms with Crippen LogP contribution in [0.3, 0.4) is 0 Å². The fourth-order valence-corrected chi connectivity index (χ4v) is 1.47. The van der Waals surface area contributed by atoms with Crippen molar-refractivity contribution >= 4 is 5.78 Å². The predicted molar refractivity (Wildman–Crippen MR) is 57.0 cm³/mol. The summed E-state index contributed by atoms with van der Waals surface area (Å²) in [6.07, 6.45) is 5.67. The zero-order valence-corrected chi connectivity index (χ0v) is 9.29. The standard InChI is InChI=1S/C10H13N5O/c1-3-4-15-9(5-12-13-15)10(16)8-6-14(2)7-11-8/h5-7H,3-4H2,1-2H3. The third-order valence-corrected chi connectivity index (χ3v) is 2.22. The van der Waals surface area contributed by atoms with E-state index in [1.807, 2.05) is 14.0 Å². The maximum atomic E-state index is 12.0. The quantitative estimate of drug-likeness (QED) is 0.708. The van der Waals surface area contributed by atoms with Gasteiger partial charge in [0.15, 0.2) is 0 Å². The van der Waals surface area contributed by atoms with E-state index < -0.39 is 0 Å². The molecule has 0 spiro atoms. The molecular formula is C10H13N5O. The Balaban J connectivity index is 2.30. The van der Waals surface area contributed by atoms with Crippen LogP contribution in [0, 0.1) is 0 Å². The Morgan fingerprint density at radius 2 is 2.31 bits per heavy atom. The average Bonchev–Trinajstić information content (AvgIpc) is 2.87. The van der Waals surface area contributed by atoms with Gasteiger partial charge in [-0.25, -0.2) is 9.67 Å². The number of carbonyl (C=O) groups is 1. The molecule has 84 valence electrons. The van der Waals surface area contributed by atoms with Crippen LogP contribution < -0.4 is 0 Å². The molecule has 0 aromatic carbocycles. The van der Waals surface area contributed by atoms with Crippen molar-refractivity contribution in [2.75, 3.05) is 0 Å². The van der Waals surface area contributed by atoms with Crippen molar-refractivity contribution in [2.45, 2.75) is 19.9 Å². The Bertz CT molecular complexity index is 499. The Kier molecular flexibility index (Phi) is 2.80. The van der Waals surface area contributed by atoms with Crippen LogP contribution in [0.2, 0.25) is 0 Å². The number of carbonyl (C=O) groups excluding carboxylic acids is 1. The number of ketones is 1. The lowest BCUT2D eigenvalue weighted by molar-refractivity contribution is 0.102. The molecule has 0 amide bonds. The molecule has 0 aliphatic carbocycles. The van der Waals surface area contributed by atoms with Crippen molar-refractivity contribution in [1.29, 1.82) is 0 Å². The van der Waals surface area contributed by atoms with Gasteiger partial charge in [-0.2, -0.15) is 0 Å². The summed E-state index contributed by atoms with van der Waals surface area (Å²) in [6.45, 7) is 2.71. The molecule has 2 heterocycles. The first-order valence-corrected chi connectivity index (χ1v) is 5.13. The van der Waals surface area contributed by atoms with Gasteiger partial charge in [0.05, 0.1) is 12.5 Å². The minimum absolute atomic E-state index is 0.140. The third-order valence-electron chi connectivity index (χ3n) is 2.22. The highest BCUT2D eigenvalue weighted by Crippen LogP contribution is 2.06. The highest BCUT2D eigenvalue weighted by molar-refractivity contribution is 6.06. The summed E-state index contributed by atoms with van der Waals surface area (Å²) in [5, 5.41) is 7.62. The van der Waals surface area contributed by atoms with E-state index in [1.54, 1.807) is 21.8 Å². The molecule has 0 radical (unpaired) electrons. The highest BCUT2D eigenvalue weighted by Gasteiger charge is 2.16. The maximum Gasteiger partial charge on any atom is 0.232 e. The van der Waals surface area contributed by atoms with Crippen LogP contribution in [0.4, 0.5) is 0 Å². The van der Waals surface area contributed by atoms with Crippen molar-refractivity contribution in [3.05, 3.63) is 30.1 Å². The van der Waals surface area contributed by atoms with Crippen molar-refractivity contribution < 1.29 is 4.79 Å². The first kappa shape index (κ1) is 10.5. The summed E-state index contributed by atoms with van der Waals surface area (Å²) in [5.41, 5.74) is 0.905. The lowest BCUT2D eigenvalue weighted by atomic mass is 10.2. The topological polar surface area (TPSA) is 65.6 Å². The monoisotopic (exact) mass is 219 g/mol. The second-order valence-electron chi connectivity index (χ2n) is 3.60. The van der Waals surface area contributed by atoms with E-state index in [0.29, 0.717) is 17.9 Å². The first-order chi connectivity index (χ1) is 7.72. The smallest absolute Gasteiger partial charge is 0.232 e. The van der Waals surface area contributed by atoms with Crippen LogP contribution in [0.1, 0.15) is 29.5 Å². The lowest BCUT2D eigenvalue weighted by Gasteiger charge is -2.01. The highest BCUT2D eigenvalue weighted by atomic mass is 16.1. The van der Waals surface area contributed by atoms with Gasteiger partial charge in [0.25, 0.3) is 0 Å². The minimum atomic E-state index is -0.140. The van der Waals surface area contributed by atoms with Crippen LogP contribution in [0.5, 0.6) is 0 Å². The third kappa shape index (κ3) is 1.86. The van der Waals surface area contributed by atoms with Crippen molar-refractivity contribution in [2.24, 2.45) is 7.05 Å². The van der Waals surface area contributed by atoms with E-state index in [1.165, 1.54) is 6.20 Å². The van der Waals surface area contributed by atoms with E-state index in [2.05, 4.69) is 15.3 Å². The molecule has 6 nitrogen and oxygen atoms in total. The van der Waals surface area contributed by atoms with Crippen molar-refractivity contribution in [3.8, 4) is 0 Å². The normalized spacial score (nSPS) is 10.6. The van der Waals surface area contributed by atoms with Crippen LogP contribution >= 0.6 is 0 Å². The molecule has 0 N–H and O–H groups in total. The summed E-state index contributed by atoms with van der Waals surface area (Å²) < 4.78 is 3.35. The first-order valence-electron chi connectivity index (χ1n) is 5.13. The van der Waals surface area contributed by atoms with Gasteiger partial charge < -0.3 is 4.57 Å². The van der Waals surface area contributed by atoms with Crippen LogP contribution in [0.15, 0.2) is 18.7 Å². The number of rotatable bonds is 4. The molecule has 0 fully saturated rings. The Labute approximate surface area is 92.9 Å². The molecule has 0 atom stereocenters. The summed E-state index contributed by atoms with van der Waals surface area (Å²) in [6, 6.07) is 0. The molecule has 0 aliphatic rings. The van der Waals surface area contributed by atoms with Crippen LogP contribution in [-0.4, -0.2) is 30.3 Å². The van der Waals surface area contributed by atoms with Crippen LogP contribution in [0.25, 0.3) is 0 Å². The Morgan fingerprint density at radius 1 is 1.50 bits per heavy atom. The lowest BCUT2D eigenvalue weighted by Crippen LogP contribution is -2.11. The SMILES string of the molecule is CCCn1nncc1C(=O)c1cn(C)cn1. The zero-order chi connectivity index (χ0) is 11.5. The van der Waals surface area contributed by atoms with E-state index in [0.717, 1.165) is 6.42 Å². The summed E-state index contributed by atoms with van der Waals surface area (Å²) in [7, 11) is 1.82. The molecule has 0 saturated carbocycles. The largest absolute Gasteiger partial charge is 0.340 e. The van der Waals surface area contributed by atoms with Gasteiger partial charge in [0.1, 0.15) is 11.4 Å². The fraction of sp³-hybridized carbons (Fsp3) is 0.400. The molecule has 2 aromatic rings. The fourth-order valence-electron chi connectivity index (χ4n) is 1.47. The summed E-state index contributed by atoms with van der Waals surface area (Å²) in [5.74, 6) is -0.140. The summed E-state index contributed by atoms with van der Waals surface area (Å²) in [4.78, 5) is 16.1. The van der Waals surface area contributed by atoms with Gasteiger partial charge in [0.2, 0.25) is 5.78 Å². The molecule has 0 bridgehead atoms. The Morgan fingerprint density at radius 3 is 2.94 bits per heavy atom. The number of nitrogens with zero attached hydrogens (tertiary/aromatic N) is 5. The number of hydrogen-bond acceptors (Lipinski definition) is 4. The van der Waals surface area contributed by atoms with E-state index in [-0.39, 0.29) is 5.78 Å². The van der Waals surface area contributed by atoms with Crippen molar-refractivity contribution in [1.82, 2.24) is 24.5 Å². The van der Waals surface area contributed by atoms with E-state index >= 15 is 0 Å². The molecule has 0 aliphatic heterocycles. The maximum absolute atomic E-state index is 12.0. The van der Waals surface area contributed by atoms with Gasteiger partial charge in [-0.3, -0.25) is 4.79 Å². The molecule has 2 rings (SSSR count). The van der Waals surface area contributed by atoms with Gasteiger partial charge in [-0.1, -0.05) is 12.1 Å². The molecule has 6 heteroatoms.